The summed E-state index contributed by atoms with van der Waals surface area (Å²) >= 11 is 0. The van der Waals surface area contributed by atoms with Gasteiger partial charge in [-0.2, -0.15) is 14.6 Å². The van der Waals surface area contributed by atoms with Crippen molar-refractivity contribution in [1.82, 2.24) is 19.6 Å². The third-order valence-electron chi connectivity index (χ3n) is 5.26. The molecule has 1 unspecified atom stereocenters. The second-order valence-electron chi connectivity index (χ2n) is 6.82. The average molecular weight is 331 g/mol. The van der Waals surface area contributed by atoms with Gasteiger partial charge >= 0.3 is 5.97 Å². The quantitative estimate of drug-likeness (QED) is 0.800. The summed E-state index contributed by atoms with van der Waals surface area (Å²) in [6, 6.07) is 0. The van der Waals surface area contributed by atoms with Crippen molar-refractivity contribution in [2.75, 3.05) is 24.6 Å². The standard InChI is InChI=1S/C17H25N5O2/c1-6-24-15(23)17(11(2)3)7-8-21(9-17)14-12(4)13(5)20-16-18-10-19-22(14)16/h10-11H,6-9H2,1-5H3. The molecular weight excluding hydrogens is 306 g/mol. The van der Waals surface area contributed by atoms with Crippen LogP contribution in [0.2, 0.25) is 0 Å². The first-order valence-electron chi connectivity index (χ1n) is 8.50. The maximum Gasteiger partial charge on any atom is 0.314 e. The van der Waals surface area contributed by atoms with Gasteiger partial charge in [-0.3, -0.25) is 4.79 Å². The SMILES string of the molecule is CCOC(=O)C1(C(C)C)CCN(c2c(C)c(C)nc3ncnn23)C1. The lowest BCUT2D eigenvalue weighted by molar-refractivity contribution is -0.156. The van der Waals surface area contributed by atoms with Crippen LogP contribution in [0.4, 0.5) is 5.82 Å². The minimum Gasteiger partial charge on any atom is -0.466 e. The molecule has 2 aromatic heterocycles. The van der Waals surface area contributed by atoms with Crippen LogP contribution in [-0.2, 0) is 9.53 Å². The molecule has 7 heteroatoms. The molecule has 3 rings (SSSR count). The maximum atomic E-state index is 12.7. The summed E-state index contributed by atoms with van der Waals surface area (Å²) in [6.07, 6.45) is 2.29. The van der Waals surface area contributed by atoms with Crippen molar-refractivity contribution in [1.29, 1.82) is 0 Å². The van der Waals surface area contributed by atoms with Gasteiger partial charge in [0.1, 0.15) is 12.1 Å². The summed E-state index contributed by atoms with van der Waals surface area (Å²) < 4.78 is 7.16. The number of ether oxygens (including phenoxy) is 1. The van der Waals surface area contributed by atoms with Gasteiger partial charge in [0, 0.05) is 24.3 Å². The highest BCUT2D eigenvalue weighted by atomic mass is 16.5. The van der Waals surface area contributed by atoms with E-state index in [1.165, 1.54) is 6.33 Å². The Morgan fingerprint density at radius 2 is 2.17 bits per heavy atom. The van der Waals surface area contributed by atoms with Crippen LogP contribution in [0.15, 0.2) is 6.33 Å². The molecule has 0 N–H and O–H groups in total. The van der Waals surface area contributed by atoms with Gasteiger partial charge in [0.25, 0.3) is 5.78 Å². The van der Waals surface area contributed by atoms with E-state index in [4.69, 9.17) is 4.74 Å². The van der Waals surface area contributed by atoms with E-state index in [1.54, 1.807) is 4.52 Å². The molecule has 3 heterocycles. The molecule has 0 radical (unpaired) electrons. The summed E-state index contributed by atoms with van der Waals surface area (Å²) in [5.74, 6) is 1.67. The van der Waals surface area contributed by atoms with Gasteiger partial charge in [0.2, 0.25) is 0 Å². The largest absolute Gasteiger partial charge is 0.466 e. The molecule has 0 aromatic carbocycles. The van der Waals surface area contributed by atoms with Crippen LogP contribution >= 0.6 is 0 Å². The normalized spacial score (nSPS) is 21.0. The van der Waals surface area contributed by atoms with Crippen LogP contribution in [0.1, 0.15) is 38.4 Å². The zero-order chi connectivity index (χ0) is 17.5. The fraction of sp³-hybridized carbons (Fsp3) is 0.647. The van der Waals surface area contributed by atoms with Crippen LogP contribution in [0, 0.1) is 25.2 Å². The summed E-state index contributed by atoms with van der Waals surface area (Å²) in [6.45, 7) is 11.9. The maximum absolute atomic E-state index is 12.7. The zero-order valence-corrected chi connectivity index (χ0v) is 15.0. The van der Waals surface area contributed by atoms with Crippen molar-refractivity contribution in [3.63, 3.8) is 0 Å². The highest BCUT2D eigenvalue weighted by Crippen LogP contribution is 2.41. The lowest BCUT2D eigenvalue weighted by Crippen LogP contribution is -2.41. The molecule has 24 heavy (non-hydrogen) atoms. The Kier molecular flexibility index (Phi) is 4.19. The average Bonchev–Trinajstić information content (AvgIpc) is 3.16. The number of hydrogen-bond donors (Lipinski definition) is 0. The van der Waals surface area contributed by atoms with Crippen molar-refractivity contribution in [3.05, 3.63) is 17.6 Å². The number of rotatable bonds is 4. The first-order valence-corrected chi connectivity index (χ1v) is 8.50. The molecule has 1 atom stereocenters. The van der Waals surface area contributed by atoms with E-state index in [0.717, 1.165) is 30.0 Å². The van der Waals surface area contributed by atoms with Gasteiger partial charge in [-0.05, 0) is 33.1 Å². The number of hydrogen-bond acceptors (Lipinski definition) is 6. The lowest BCUT2D eigenvalue weighted by atomic mass is 9.76. The Morgan fingerprint density at radius 1 is 1.42 bits per heavy atom. The zero-order valence-electron chi connectivity index (χ0n) is 15.0. The third-order valence-corrected chi connectivity index (χ3v) is 5.26. The van der Waals surface area contributed by atoms with Gasteiger partial charge in [-0.15, -0.1) is 0 Å². The van der Waals surface area contributed by atoms with Crippen molar-refractivity contribution >= 4 is 17.6 Å². The van der Waals surface area contributed by atoms with Gasteiger partial charge in [0.05, 0.1) is 12.0 Å². The molecule has 0 amide bonds. The Balaban J connectivity index is 2.03. The molecule has 0 saturated carbocycles. The van der Waals surface area contributed by atoms with Crippen LogP contribution in [0.25, 0.3) is 5.78 Å². The Hall–Kier alpha value is -2.18. The van der Waals surface area contributed by atoms with Crippen molar-refractivity contribution in [2.24, 2.45) is 11.3 Å². The van der Waals surface area contributed by atoms with Crippen LogP contribution < -0.4 is 4.90 Å². The number of aromatic nitrogens is 4. The number of esters is 1. The number of carbonyl (C=O) groups is 1. The summed E-state index contributed by atoms with van der Waals surface area (Å²) in [4.78, 5) is 23.6. The predicted molar refractivity (Wildman–Crippen MR) is 91.0 cm³/mol. The fourth-order valence-corrected chi connectivity index (χ4v) is 3.55. The van der Waals surface area contributed by atoms with Crippen LogP contribution in [0.3, 0.4) is 0 Å². The topological polar surface area (TPSA) is 72.6 Å². The van der Waals surface area contributed by atoms with E-state index in [1.807, 2.05) is 20.8 Å². The first-order chi connectivity index (χ1) is 11.4. The monoisotopic (exact) mass is 331 g/mol. The molecule has 0 aliphatic carbocycles. The minimum atomic E-state index is -0.480. The smallest absolute Gasteiger partial charge is 0.314 e. The lowest BCUT2D eigenvalue weighted by Gasteiger charge is -2.31. The van der Waals surface area contributed by atoms with Crippen molar-refractivity contribution < 1.29 is 9.53 Å². The Morgan fingerprint density at radius 3 is 2.83 bits per heavy atom. The van der Waals surface area contributed by atoms with Crippen molar-refractivity contribution in [2.45, 2.75) is 41.0 Å². The molecule has 1 aliphatic rings. The molecule has 0 bridgehead atoms. The molecule has 2 aromatic rings. The summed E-state index contributed by atoms with van der Waals surface area (Å²) in [5.41, 5.74) is 1.52. The second kappa shape index (κ2) is 6.03. The van der Waals surface area contributed by atoms with E-state index in [-0.39, 0.29) is 11.9 Å². The number of nitrogens with zero attached hydrogens (tertiary/aromatic N) is 5. The molecular formula is C17H25N5O2. The van der Waals surface area contributed by atoms with E-state index in [2.05, 4.69) is 33.8 Å². The highest BCUT2D eigenvalue weighted by molar-refractivity contribution is 5.79. The predicted octanol–water partition coefficient (Wildman–Crippen LogP) is 2.16. The molecule has 0 spiro atoms. The van der Waals surface area contributed by atoms with Gasteiger partial charge in [-0.1, -0.05) is 13.8 Å². The third kappa shape index (κ3) is 2.42. The van der Waals surface area contributed by atoms with Crippen LogP contribution in [0.5, 0.6) is 0 Å². The van der Waals surface area contributed by atoms with E-state index in [9.17, 15) is 4.79 Å². The van der Waals surface area contributed by atoms with E-state index < -0.39 is 5.41 Å². The number of fused-ring (bicyclic) bond motifs is 1. The van der Waals surface area contributed by atoms with E-state index >= 15 is 0 Å². The highest BCUT2D eigenvalue weighted by Gasteiger charge is 2.49. The minimum absolute atomic E-state index is 0.0965. The summed E-state index contributed by atoms with van der Waals surface area (Å²) in [5, 5.41) is 4.32. The molecule has 130 valence electrons. The second-order valence-corrected chi connectivity index (χ2v) is 6.82. The number of carbonyl (C=O) groups excluding carboxylic acids is 1. The Labute approximate surface area is 142 Å². The fourth-order valence-electron chi connectivity index (χ4n) is 3.55. The number of aryl methyl sites for hydroxylation is 1. The number of anilines is 1. The molecule has 7 nitrogen and oxygen atoms in total. The first kappa shape index (κ1) is 16.7. The van der Waals surface area contributed by atoms with Gasteiger partial charge in [-0.25, -0.2) is 4.98 Å². The van der Waals surface area contributed by atoms with Crippen molar-refractivity contribution in [3.8, 4) is 0 Å². The molecule has 1 aliphatic heterocycles. The van der Waals surface area contributed by atoms with Gasteiger partial charge in [0.15, 0.2) is 0 Å². The molecule has 1 saturated heterocycles. The summed E-state index contributed by atoms with van der Waals surface area (Å²) in [7, 11) is 0. The van der Waals surface area contributed by atoms with E-state index in [0.29, 0.717) is 18.9 Å². The van der Waals surface area contributed by atoms with Crippen LogP contribution in [-0.4, -0.2) is 45.2 Å². The van der Waals surface area contributed by atoms with Gasteiger partial charge < -0.3 is 9.64 Å². The molecule has 1 fully saturated rings. The Bertz CT molecular complexity index is 770.